The van der Waals surface area contributed by atoms with Crippen molar-refractivity contribution in [1.29, 1.82) is 0 Å². The Hall–Kier alpha value is -1.92. The lowest BCUT2D eigenvalue weighted by Gasteiger charge is -2.22. The molecule has 1 aliphatic rings. The molecule has 1 aliphatic heterocycles. The van der Waals surface area contributed by atoms with Crippen molar-refractivity contribution < 1.29 is 14.3 Å². The Balaban J connectivity index is 1.37. The molecule has 1 atom stereocenters. The highest BCUT2D eigenvalue weighted by molar-refractivity contribution is 5.77. The number of aromatic nitrogens is 2. The number of aryl methyl sites for hydroxylation is 1. The van der Waals surface area contributed by atoms with Crippen molar-refractivity contribution in [2.75, 3.05) is 26.4 Å². The largest absolute Gasteiger partial charge is 0.376 e. The fourth-order valence-electron chi connectivity index (χ4n) is 3.01. The van der Waals surface area contributed by atoms with E-state index in [9.17, 15) is 4.79 Å². The first-order chi connectivity index (χ1) is 11.7. The fraction of sp³-hybridized carbons (Fsp3) is 0.556. The van der Waals surface area contributed by atoms with Gasteiger partial charge in [-0.3, -0.25) is 4.79 Å². The van der Waals surface area contributed by atoms with E-state index >= 15 is 0 Å². The van der Waals surface area contributed by atoms with Crippen LogP contribution >= 0.6 is 0 Å². The number of fused-ring (bicyclic) bond motifs is 1. The quantitative estimate of drug-likeness (QED) is 0.840. The summed E-state index contributed by atoms with van der Waals surface area (Å²) in [5.41, 5.74) is 2.09. The lowest BCUT2D eigenvalue weighted by atomic mass is 10.1. The number of amides is 1. The molecule has 0 unspecified atom stereocenters. The molecule has 2 heterocycles. The summed E-state index contributed by atoms with van der Waals surface area (Å²) < 4.78 is 13.1. The average molecular weight is 331 g/mol. The second kappa shape index (κ2) is 8.26. The molecule has 3 rings (SSSR count). The number of ether oxygens (including phenoxy) is 2. The number of nitrogens with zero attached hydrogens (tertiary/aromatic N) is 2. The standard InChI is InChI=1S/C18H25N3O3/c1-21-16-8-3-2-7-15(16)20-17(21)9-10-19-18(22)13-23-12-14-6-4-5-11-24-14/h2-3,7-8,14H,4-6,9-13H2,1H3,(H,19,22)/t14-/m0/s1. The van der Waals surface area contributed by atoms with Crippen molar-refractivity contribution in [3.8, 4) is 0 Å². The third-order valence-electron chi connectivity index (χ3n) is 4.36. The number of imidazole rings is 1. The van der Waals surface area contributed by atoms with Crippen LogP contribution in [0.4, 0.5) is 0 Å². The fourth-order valence-corrected chi connectivity index (χ4v) is 3.01. The van der Waals surface area contributed by atoms with Gasteiger partial charge < -0.3 is 19.4 Å². The highest BCUT2D eigenvalue weighted by atomic mass is 16.5. The van der Waals surface area contributed by atoms with E-state index in [-0.39, 0.29) is 18.6 Å². The highest BCUT2D eigenvalue weighted by Crippen LogP contribution is 2.14. The van der Waals surface area contributed by atoms with Crippen LogP contribution in [-0.2, 0) is 27.7 Å². The third kappa shape index (κ3) is 4.33. The number of rotatable bonds is 7. The van der Waals surface area contributed by atoms with Crippen molar-refractivity contribution in [2.45, 2.75) is 31.8 Å². The van der Waals surface area contributed by atoms with Crippen LogP contribution in [0.1, 0.15) is 25.1 Å². The summed E-state index contributed by atoms with van der Waals surface area (Å²) in [6.07, 6.45) is 4.17. The maximum atomic E-state index is 11.8. The monoisotopic (exact) mass is 331 g/mol. The molecule has 0 spiro atoms. The van der Waals surface area contributed by atoms with Gasteiger partial charge >= 0.3 is 0 Å². The molecule has 0 bridgehead atoms. The van der Waals surface area contributed by atoms with Crippen LogP contribution in [-0.4, -0.2) is 47.9 Å². The van der Waals surface area contributed by atoms with E-state index in [1.807, 2.05) is 31.3 Å². The molecule has 1 fully saturated rings. The Labute approximate surface area is 142 Å². The summed E-state index contributed by atoms with van der Waals surface area (Å²) in [6.45, 7) is 1.94. The summed E-state index contributed by atoms with van der Waals surface area (Å²) in [4.78, 5) is 16.4. The molecule has 24 heavy (non-hydrogen) atoms. The van der Waals surface area contributed by atoms with E-state index < -0.39 is 0 Å². The molecule has 1 aromatic heterocycles. The second-order valence-corrected chi connectivity index (χ2v) is 6.18. The zero-order valence-electron chi connectivity index (χ0n) is 14.2. The Morgan fingerprint density at radius 3 is 3.08 bits per heavy atom. The summed E-state index contributed by atoms with van der Waals surface area (Å²) >= 11 is 0. The van der Waals surface area contributed by atoms with E-state index in [2.05, 4.69) is 14.9 Å². The van der Waals surface area contributed by atoms with Gasteiger partial charge in [0.15, 0.2) is 0 Å². The van der Waals surface area contributed by atoms with Gasteiger partial charge in [0.05, 0.1) is 23.7 Å². The zero-order valence-corrected chi connectivity index (χ0v) is 14.2. The summed E-state index contributed by atoms with van der Waals surface area (Å²) in [6, 6.07) is 8.03. The van der Waals surface area contributed by atoms with Crippen molar-refractivity contribution in [3.05, 3.63) is 30.1 Å². The van der Waals surface area contributed by atoms with E-state index in [1.165, 1.54) is 6.42 Å². The van der Waals surface area contributed by atoms with E-state index in [1.54, 1.807) is 0 Å². The van der Waals surface area contributed by atoms with E-state index in [0.29, 0.717) is 19.6 Å². The molecule has 1 N–H and O–H groups in total. The maximum absolute atomic E-state index is 11.8. The second-order valence-electron chi connectivity index (χ2n) is 6.18. The summed E-state index contributed by atoms with van der Waals surface area (Å²) in [7, 11) is 2.00. The minimum Gasteiger partial charge on any atom is -0.376 e. The van der Waals surface area contributed by atoms with Crippen LogP contribution in [0.5, 0.6) is 0 Å². The number of hydrogen-bond acceptors (Lipinski definition) is 4. The van der Waals surface area contributed by atoms with Crippen LogP contribution in [0.25, 0.3) is 11.0 Å². The Morgan fingerprint density at radius 2 is 2.29 bits per heavy atom. The zero-order chi connectivity index (χ0) is 16.8. The lowest BCUT2D eigenvalue weighted by molar-refractivity contribution is -0.127. The molecular formula is C18H25N3O3. The number of carbonyl (C=O) groups excluding carboxylic acids is 1. The maximum Gasteiger partial charge on any atom is 0.246 e. The summed E-state index contributed by atoms with van der Waals surface area (Å²) in [5, 5.41) is 2.88. The van der Waals surface area contributed by atoms with Gasteiger partial charge in [-0.05, 0) is 31.4 Å². The van der Waals surface area contributed by atoms with Crippen molar-refractivity contribution in [2.24, 2.45) is 7.05 Å². The van der Waals surface area contributed by atoms with Gasteiger partial charge in [-0.25, -0.2) is 4.98 Å². The minimum absolute atomic E-state index is 0.0857. The lowest BCUT2D eigenvalue weighted by Crippen LogP contribution is -2.32. The van der Waals surface area contributed by atoms with Crippen LogP contribution in [0.3, 0.4) is 0 Å². The molecule has 1 aromatic carbocycles. The molecular weight excluding hydrogens is 306 g/mol. The number of benzene rings is 1. The van der Waals surface area contributed by atoms with Gasteiger partial charge in [-0.1, -0.05) is 12.1 Å². The number of hydrogen-bond donors (Lipinski definition) is 1. The first-order valence-corrected chi connectivity index (χ1v) is 8.60. The highest BCUT2D eigenvalue weighted by Gasteiger charge is 2.14. The van der Waals surface area contributed by atoms with E-state index in [4.69, 9.17) is 9.47 Å². The predicted octanol–water partition coefficient (Wildman–Crippen LogP) is 1.82. The first-order valence-electron chi connectivity index (χ1n) is 8.60. The molecule has 2 aromatic rings. The van der Waals surface area contributed by atoms with Gasteiger partial charge in [0.25, 0.3) is 0 Å². The third-order valence-corrected chi connectivity index (χ3v) is 4.36. The van der Waals surface area contributed by atoms with Crippen molar-refractivity contribution in [3.63, 3.8) is 0 Å². The number of para-hydroxylation sites is 2. The predicted molar refractivity (Wildman–Crippen MR) is 91.8 cm³/mol. The number of carbonyl (C=O) groups is 1. The molecule has 130 valence electrons. The summed E-state index contributed by atoms with van der Waals surface area (Å²) in [5.74, 6) is 0.873. The molecule has 6 heteroatoms. The minimum atomic E-state index is -0.0930. The van der Waals surface area contributed by atoms with Crippen LogP contribution in [0.2, 0.25) is 0 Å². The van der Waals surface area contributed by atoms with E-state index in [0.717, 1.165) is 36.3 Å². The smallest absolute Gasteiger partial charge is 0.246 e. The Kier molecular flexibility index (Phi) is 5.82. The molecule has 0 saturated carbocycles. The van der Waals surface area contributed by atoms with Crippen LogP contribution < -0.4 is 5.32 Å². The van der Waals surface area contributed by atoms with Gasteiger partial charge in [0.2, 0.25) is 5.91 Å². The number of nitrogens with one attached hydrogen (secondary N) is 1. The molecule has 1 amide bonds. The first kappa shape index (κ1) is 16.9. The Morgan fingerprint density at radius 1 is 1.42 bits per heavy atom. The molecule has 6 nitrogen and oxygen atoms in total. The SMILES string of the molecule is Cn1c(CCNC(=O)COC[C@@H]2CCCCO2)nc2ccccc21. The van der Waals surface area contributed by atoms with Gasteiger partial charge in [-0.15, -0.1) is 0 Å². The average Bonchev–Trinajstić information content (AvgIpc) is 2.92. The van der Waals surface area contributed by atoms with Gasteiger partial charge in [0.1, 0.15) is 12.4 Å². The van der Waals surface area contributed by atoms with Crippen LogP contribution in [0, 0.1) is 0 Å². The molecule has 0 radical (unpaired) electrons. The molecule has 1 saturated heterocycles. The van der Waals surface area contributed by atoms with Gasteiger partial charge in [-0.2, -0.15) is 0 Å². The van der Waals surface area contributed by atoms with Crippen molar-refractivity contribution in [1.82, 2.24) is 14.9 Å². The molecule has 0 aliphatic carbocycles. The van der Waals surface area contributed by atoms with Crippen molar-refractivity contribution >= 4 is 16.9 Å². The van der Waals surface area contributed by atoms with Gasteiger partial charge in [0, 0.05) is 26.6 Å². The van der Waals surface area contributed by atoms with Crippen LogP contribution in [0.15, 0.2) is 24.3 Å². The topological polar surface area (TPSA) is 65.4 Å². The Bertz CT molecular complexity index is 677. The normalized spacial score (nSPS) is 18.0.